The molecule has 1 atom stereocenters. The lowest BCUT2D eigenvalue weighted by Crippen LogP contribution is -2.52. The molecule has 1 saturated heterocycles. The van der Waals surface area contributed by atoms with Gasteiger partial charge in [0.1, 0.15) is 5.82 Å². The molecule has 32 heavy (non-hydrogen) atoms. The highest BCUT2D eigenvalue weighted by Gasteiger charge is 2.36. The molecule has 1 N–H and O–H groups in total. The van der Waals surface area contributed by atoms with Crippen LogP contribution in [0, 0.1) is 12.7 Å². The zero-order chi connectivity index (χ0) is 22.1. The summed E-state index contributed by atoms with van der Waals surface area (Å²) in [7, 11) is 0. The minimum absolute atomic E-state index is 0.133. The monoisotopic (exact) mass is 434 g/mol. The highest BCUT2D eigenvalue weighted by Crippen LogP contribution is 2.29. The Morgan fingerprint density at radius 3 is 2.50 bits per heavy atom. The first-order chi connectivity index (χ1) is 15.6. The van der Waals surface area contributed by atoms with Crippen LogP contribution in [0.5, 0.6) is 0 Å². The standard InChI is InChI=1S/C24H27FN6O/c1-17-2-4-19(5-3-17)15-29-10-11-30-12-13-31-22(21(30)16-29)27-28-23(31)24(32)26-14-18-6-8-20(25)9-7-18/h2-9,21H,10-16H2,1H3,(H,26,32). The third-order valence-electron chi connectivity index (χ3n) is 6.36. The Balaban J connectivity index is 1.27. The van der Waals surface area contributed by atoms with Crippen LogP contribution in [0.4, 0.5) is 4.39 Å². The second kappa shape index (κ2) is 8.80. The molecule has 1 fully saturated rings. The normalized spacial score (nSPS) is 18.8. The van der Waals surface area contributed by atoms with Gasteiger partial charge in [-0.3, -0.25) is 14.6 Å². The molecule has 0 saturated carbocycles. The Bertz CT molecular complexity index is 1090. The van der Waals surface area contributed by atoms with E-state index in [-0.39, 0.29) is 17.8 Å². The molecule has 1 amide bonds. The molecule has 0 spiro atoms. The summed E-state index contributed by atoms with van der Waals surface area (Å²) in [6.45, 7) is 7.78. The van der Waals surface area contributed by atoms with E-state index in [4.69, 9.17) is 0 Å². The second-order valence-electron chi connectivity index (χ2n) is 8.62. The van der Waals surface area contributed by atoms with Gasteiger partial charge in [0.25, 0.3) is 5.91 Å². The van der Waals surface area contributed by atoms with E-state index in [1.165, 1.54) is 23.3 Å². The fourth-order valence-electron chi connectivity index (χ4n) is 4.53. The minimum atomic E-state index is -0.292. The summed E-state index contributed by atoms with van der Waals surface area (Å²) in [4.78, 5) is 17.7. The van der Waals surface area contributed by atoms with E-state index < -0.39 is 0 Å². The molecular formula is C24H27FN6O. The number of carbonyl (C=O) groups is 1. The van der Waals surface area contributed by atoms with Crippen molar-refractivity contribution >= 4 is 5.91 Å². The van der Waals surface area contributed by atoms with Gasteiger partial charge < -0.3 is 9.88 Å². The van der Waals surface area contributed by atoms with Gasteiger partial charge >= 0.3 is 0 Å². The van der Waals surface area contributed by atoms with Crippen molar-refractivity contribution in [3.63, 3.8) is 0 Å². The molecule has 2 aliphatic heterocycles. The Labute approximate surface area is 186 Å². The van der Waals surface area contributed by atoms with Gasteiger partial charge in [0, 0.05) is 45.8 Å². The molecule has 2 aliphatic rings. The van der Waals surface area contributed by atoms with Gasteiger partial charge in [-0.2, -0.15) is 0 Å². The van der Waals surface area contributed by atoms with Gasteiger partial charge in [-0.25, -0.2) is 4.39 Å². The number of aromatic nitrogens is 3. The largest absolute Gasteiger partial charge is 0.345 e. The predicted octanol–water partition coefficient (Wildman–Crippen LogP) is 2.53. The molecule has 1 unspecified atom stereocenters. The number of aryl methyl sites for hydroxylation is 1. The van der Waals surface area contributed by atoms with Crippen molar-refractivity contribution in [2.24, 2.45) is 0 Å². The number of piperazine rings is 1. The van der Waals surface area contributed by atoms with E-state index in [2.05, 4.69) is 56.5 Å². The molecule has 8 heteroatoms. The summed E-state index contributed by atoms with van der Waals surface area (Å²) in [6.07, 6.45) is 0. The van der Waals surface area contributed by atoms with Crippen LogP contribution in [0.1, 0.15) is 39.2 Å². The lowest BCUT2D eigenvalue weighted by molar-refractivity contribution is 0.0458. The van der Waals surface area contributed by atoms with Gasteiger partial charge in [0.05, 0.1) is 6.04 Å². The molecule has 3 heterocycles. The van der Waals surface area contributed by atoms with Gasteiger partial charge in [-0.15, -0.1) is 10.2 Å². The zero-order valence-corrected chi connectivity index (χ0v) is 18.2. The third kappa shape index (κ3) is 4.28. The summed E-state index contributed by atoms with van der Waals surface area (Å²) < 4.78 is 15.0. The van der Waals surface area contributed by atoms with Gasteiger partial charge in [-0.05, 0) is 30.2 Å². The van der Waals surface area contributed by atoms with Crippen molar-refractivity contribution < 1.29 is 9.18 Å². The Morgan fingerprint density at radius 2 is 1.72 bits per heavy atom. The van der Waals surface area contributed by atoms with Crippen LogP contribution in [-0.4, -0.2) is 56.7 Å². The molecule has 0 aliphatic carbocycles. The minimum Gasteiger partial charge on any atom is -0.345 e. The molecular weight excluding hydrogens is 407 g/mol. The maximum Gasteiger partial charge on any atom is 0.289 e. The van der Waals surface area contributed by atoms with Crippen LogP contribution in [0.2, 0.25) is 0 Å². The topological polar surface area (TPSA) is 66.3 Å². The number of hydrogen-bond acceptors (Lipinski definition) is 5. The van der Waals surface area contributed by atoms with E-state index in [9.17, 15) is 9.18 Å². The van der Waals surface area contributed by atoms with Crippen LogP contribution >= 0.6 is 0 Å². The van der Waals surface area contributed by atoms with Crippen LogP contribution in [-0.2, 0) is 19.6 Å². The fourth-order valence-corrected chi connectivity index (χ4v) is 4.53. The number of fused-ring (bicyclic) bond motifs is 3. The first-order valence-electron chi connectivity index (χ1n) is 11.0. The summed E-state index contributed by atoms with van der Waals surface area (Å²) >= 11 is 0. The number of nitrogens with one attached hydrogen (secondary N) is 1. The average molecular weight is 435 g/mol. The van der Waals surface area contributed by atoms with Crippen LogP contribution in [0.15, 0.2) is 48.5 Å². The molecule has 0 bridgehead atoms. The highest BCUT2D eigenvalue weighted by atomic mass is 19.1. The van der Waals surface area contributed by atoms with E-state index in [1.54, 1.807) is 12.1 Å². The van der Waals surface area contributed by atoms with E-state index in [1.807, 2.05) is 4.57 Å². The predicted molar refractivity (Wildman–Crippen MR) is 118 cm³/mol. The molecule has 3 aromatic rings. The second-order valence-corrected chi connectivity index (χ2v) is 8.62. The maximum atomic E-state index is 13.1. The number of carbonyl (C=O) groups excluding carboxylic acids is 1. The first kappa shape index (κ1) is 20.8. The number of benzene rings is 2. The SMILES string of the molecule is Cc1ccc(CN2CCN3CCn4c(C(=O)NCc5ccc(F)cc5)nnc4C3C2)cc1. The molecule has 1 aromatic heterocycles. The molecule has 2 aromatic carbocycles. The average Bonchev–Trinajstić information content (AvgIpc) is 3.25. The van der Waals surface area contributed by atoms with Crippen molar-refractivity contribution in [3.05, 3.63) is 82.7 Å². The molecule has 166 valence electrons. The summed E-state index contributed by atoms with van der Waals surface area (Å²) in [5.41, 5.74) is 3.41. The maximum absolute atomic E-state index is 13.1. The number of amides is 1. The Hall–Kier alpha value is -3.10. The van der Waals surface area contributed by atoms with Gasteiger partial charge in [-0.1, -0.05) is 42.0 Å². The molecule has 0 radical (unpaired) electrons. The summed E-state index contributed by atoms with van der Waals surface area (Å²) in [6, 6.07) is 14.9. The lowest BCUT2D eigenvalue weighted by Gasteiger charge is -2.43. The molecule has 7 nitrogen and oxygen atoms in total. The molecule has 5 rings (SSSR count). The van der Waals surface area contributed by atoms with Gasteiger partial charge in [0.15, 0.2) is 5.82 Å². The van der Waals surface area contributed by atoms with Crippen molar-refractivity contribution in [1.29, 1.82) is 0 Å². The fraction of sp³-hybridized carbons (Fsp3) is 0.375. The lowest BCUT2D eigenvalue weighted by atomic mass is 10.1. The van der Waals surface area contributed by atoms with Crippen molar-refractivity contribution in [2.45, 2.75) is 32.6 Å². The van der Waals surface area contributed by atoms with Crippen LogP contribution in [0.25, 0.3) is 0 Å². The highest BCUT2D eigenvalue weighted by molar-refractivity contribution is 5.90. The van der Waals surface area contributed by atoms with Crippen molar-refractivity contribution in [2.75, 3.05) is 26.2 Å². The Kier molecular flexibility index (Phi) is 5.71. The van der Waals surface area contributed by atoms with Crippen LogP contribution in [0.3, 0.4) is 0 Å². The van der Waals surface area contributed by atoms with Crippen molar-refractivity contribution in [3.8, 4) is 0 Å². The summed E-state index contributed by atoms with van der Waals surface area (Å²) in [5, 5.41) is 11.5. The summed E-state index contributed by atoms with van der Waals surface area (Å²) in [5.74, 6) is 0.656. The van der Waals surface area contributed by atoms with Gasteiger partial charge in [0.2, 0.25) is 5.82 Å². The first-order valence-corrected chi connectivity index (χ1v) is 11.0. The van der Waals surface area contributed by atoms with Crippen LogP contribution < -0.4 is 5.32 Å². The zero-order valence-electron chi connectivity index (χ0n) is 18.2. The smallest absolute Gasteiger partial charge is 0.289 e. The quantitative estimate of drug-likeness (QED) is 0.669. The Morgan fingerprint density at radius 1 is 1.00 bits per heavy atom. The number of rotatable bonds is 5. The third-order valence-corrected chi connectivity index (χ3v) is 6.36. The van der Waals surface area contributed by atoms with E-state index in [0.29, 0.717) is 18.9 Å². The number of halogens is 1. The van der Waals surface area contributed by atoms with E-state index in [0.717, 1.165) is 44.1 Å². The number of hydrogen-bond donors (Lipinski definition) is 1. The van der Waals surface area contributed by atoms with Crippen molar-refractivity contribution in [1.82, 2.24) is 29.9 Å². The number of nitrogens with zero attached hydrogens (tertiary/aromatic N) is 5. The van der Waals surface area contributed by atoms with E-state index >= 15 is 0 Å².